The van der Waals surface area contributed by atoms with Gasteiger partial charge in [-0.2, -0.15) is 5.10 Å². The van der Waals surface area contributed by atoms with Gasteiger partial charge in [-0.05, 0) is 47.4 Å². The molecule has 0 amide bonds. The van der Waals surface area contributed by atoms with E-state index in [2.05, 4.69) is 34.4 Å². The summed E-state index contributed by atoms with van der Waals surface area (Å²) in [5.41, 5.74) is 3.92. The molecule has 3 heteroatoms. The van der Waals surface area contributed by atoms with Gasteiger partial charge in [0, 0.05) is 6.54 Å². The fourth-order valence-electron chi connectivity index (χ4n) is 2.42. The molecule has 0 N–H and O–H groups in total. The van der Waals surface area contributed by atoms with Crippen LogP contribution in [0.25, 0.3) is 0 Å². The Morgan fingerprint density at radius 1 is 1.05 bits per heavy atom. The SMILES string of the molecule is COc1ccc(C=NN2CCc3ccccc3C2)cc1. The van der Waals surface area contributed by atoms with E-state index in [0.717, 1.165) is 30.8 Å². The second-order valence-corrected chi connectivity index (χ2v) is 4.92. The molecule has 20 heavy (non-hydrogen) atoms. The monoisotopic (exact) mass is 266 g/mol. The minimum atomic E-state index is 0.869. The van der Waals surface area contributed by atoms with Crippen LogP contribution in [0.1, 0.15) is 16.7 Å². The molecule has 0 saturated carbocycles. The minimum Gasteiger partial charge on any atom is -0.497 e. The number of hydrazone groups is 1. The normalized spacial score (nSPS) is 14.3. The maximum Gasteiger partial charge on any atom is 0.118 e. The number of nitrogens with zero attached hydrogens (tertiary/aromatic N) is 2. The van der Waals surface area contributed by atoms with Crippen LogP contribution in [-0.2, 0) is 13.0 Å². The molecule has 2 aromatic carbocycles. The van der Waals surface area contributed by atoms with Crippen molar-refractivity contribution in [3.8, 4) is 5.75 Å². The van der Waals surface area contributed by atoms with Crippen molar-refractivity contribution >= 4 is 6.21 Å². The molecule has 3 nitrogen and oxygen atoms in total. The van der Waals surface area contributed by atoms with Crippen molar-refractivity contribution in [1.29, 1.82) is 0 Å². The highest BCUT2D eigenvalue weighted by molar-refractivity contribution is 5.79. The Morgan fingerprint density at radius 2 is 1.80 bits per heavy atom. The van der Waals surface area contributed by atoms with Crippen molar-refractivity contribution in [2.75, 3.05) is 13.7 Å². The molecule has 0 spiro atoms. The number of methoxy groups -OCH3 is 1. The minimum absolute atomic E-state index is 0.869. The highest BCUT2D eigenvalue weighted by atomic mass is 16.5. The zero-order valence-electron chi connectivity index (χ0n) is 11.6. The van der Waals surface area contributed by atoms with Crippen LogP contribution in [0.3, 0.4) is 0 Å². The summed E-state index contributed by atoms with van der Waals surface area (Å²) in [7, 11) is 1.67. The Balaban J connectivity index is 1.68. The van der Waals surface area contributed by atoms with Gasteiger partial charge in [0.05, 0.1) is 19.9 Å². The number of rotatable bonds is 3. The molecule has 0 unspecified atom stereocenters. The lowest BCUT2D eigenvalue weighted by molar-refractivity contribution is 0.269. The summed E-state index contributed by atoms with van der Waals surface area (Å²) in [6, 6.07) is 16.5. The van der Waals surface area contributed by atoms with Crippen LogP contribution in [0, 0.1) is 0 Å². The topological polar surface area (TPSA) is 24.8 Å². The number of benzene rings is 2. The van der Waals surface area contributed by atoms with Gasteiger partial charge >= 0.3 is 0 Å². The lowest BCUT2D eigenvalue weighted by Crippen LogP contribution is -2.25. The number of hydrogen-bond acceptors (Lipinski definition) is 3. The second kappa shape index (κ2) is 5.78. The van der Waals surface area contributed by atoms with E-state index >= 15 is 0 Å². The molecular formula is C17H18N2O. The maximum atomic E-state index is 5.15. The van der Waals surface area contributed by atoms with E-state index in [1.807, 2.05) is 30.5 Å². The van der Waals surface area contributed by atoms with Gasteiger partial charge in [-0.15, -0.1) is 0 Å². The standard InChI is InChI=1S/C17H18N2O/c1-20-17-8-6-14(7-9-17)12-18-19-11-10-15-4-2-3-5-16(15)13-19/h2-9,12H,10-11,13H2,1H3. The highest BCUT2D eigenvalue weighted by Gasteiger charge is 2.13. The van der Waals surface area contributed by atoms with Crippen molar-refractivity contribution in [1.82, 2.24) is 5.01 Å². The van der Waals surface area contributed by atoms with Crippen molar-refractivity contribution in [3.05, 3.63) is 65.2 Å². The first kappa shape index (κ1) is 12.7. The lowest BCUT2D eigenvalue weighted by atomic mass is 10.0. The third-order valence-corrected chi connectivity index (χ3v) is 3.60. The summed E-state index contributed by atoms with van der Waals surface area (Å²) in [4.78, 5) is 0. The van der Waals surface area contributed by atoms with Crippen molar-refractivity contribution < 1.29 is 4.74 Å². The number of fused-ring (bicyclic) bond motifs is 1. The first-order chi connectivity index (χ1) is 9.85. The van der Waals surface area contributed by atoms with Crippen LogP contribution in [0.15, 0.2) is 53.6 Å². The zero-order valence-corrected chi connectivity index (χ0v) is 11.6. The summed E-state index contributed by atoms with van der Waals surface area (Å²) >= 11 is 0. The molecule has 1 heterocycles. The van der Waals surface area contributed by atoms with E-state index in [1.165, 1.54) is 11.1 Å². The molecule has 0 aliphatic carbocycles. The van der Waals surface area contributed by atoms with Gasteiger partial charge in [0.15, 0.2) is 0 Å². The average Bonchev–Trinajstić information content (AvgIpc) is 2.53. The van der Waals surface area contributed by atoms with Crippen molar-refractivity contribution in [2.45, 2.75) is 13.0 Å². The van der Waals surface area contributed by atoms with E-state index in [9.17, 15) is 0 Å². The third kappa shape index (κ3) is 2.82. The summed E-state index contributed by atoms with van der Waals surface area (Å²) in [5.74, 6) is 0.869. The molecule has 0 saturated heterocycles. The molecule has 0 aromatic heterocycles. The van der Waals surface area contributed by atoms with Crippen LogP contribution in [0.5, 0.6) is 5.75 Å². The largest absolute Gasteiger partial charge is 0.497 e. The summed E-state index contributed by atoms with van der Waals surface area (Å²) in [6.07, 6.45) is 2.98. The fourth-order valence-corrected chi connectivity index (χ4v) is 2.42. The average molecular weight is 266 g/mol. The highest BCUT2D eigenvalue weighted by Crippen LogP contribution is 2.18. The van der Waals surface area contributed by atoms with Crippen LogP contribution >= 0.6 is 0 Å². The summed E-state index contributed by atoms with van der Waals surface area (Å²) in [5, 5.41) is 6.69. The molecule has 0 fully saturated rings. The molecule has 2 aromatic rings. The Hall–Kier alpha value is -2.29. The first-order valence-electron chi connectivity index (χ1n) is 6.85. The Kier molecular flexibility index (Phi) is 3.68. The van der Waals surface area contributed by atoms with Gasteiger partial charge in [-0.3, -0.25) is 5.01 Å². The van der Waals surface area contributed by atoms with Crippen LogP contribution < -0.4 is 4.74 Å². The predicted molar refractivity (Wildman–Crippen MR) is 81.1 cm³/mol. The molecule has 1 aliphatic heterocycles. The van der Waals surface area contributed by atoms with E-state index in [-0.39, 0.29) is 0 Å². The predicted octanol–water partition coefficient (Wildman–Crippen LogP) is 3.09. The molecular weight excluding hydrogens is 248 g/mol. The van der Waals surface area contributed by atoms with Gasteiger partial charge in [0.1, 0.15) is 5.75 Å². The quantitative estimate of drug-likeness (QED) is 0.797. The van der Waals surface area contributed by atoms with Crippen LogP contribution in [-0.4, -0.2) is 24.9 Å². The smallest absolute Gasteiger partial charge is 0.118 e. The fraction of sp³-hybridized carbons (Fsp3) is 0.235. The molecule has 0 radical (unpaired) electrons. The Labute approximate surface area is 119 Å². The van der Waals surface area contributed by atoms with E-state index in [4.69, 9.17) is 4.74 Å². The molecule has 1 aliphatic rings. The molecule has 0 bridgehead atoms. The Bertz CT molecular complexity index is 605. The molecule has 3 rings (SSSR count). The van der Waals surface area contributed by atoms with Gasteiger partial charge < -0.3 is 4.74 Å². The second-order valence-electron chi connectivity index (χ2n) is 4.92. The number of hydrogen-bond donors (Lipinski definition) is 0. The van der Waals surface area contributed by atoms with Gasteiger partial charge in [0.25, 0.3) is 0 Å². The van der Waals surface area contributed by atoms with Gasteiger partial charge in [-0.25, -0.2) is 0 Å². The Morgan fingerprint density at radius 3 is 2.55 bits per heavy atom. The third-order valence-electron chi connectivity index (χ3n) is 3.60. The lowest BCUT2D eigenvalue weighted by Gasteiger charge is -2.26. The first-order valence-corrected chi connectivity index (χ1v) is 6.85. The van der Waals surface area contributed by atoms with E-state index in [0.29, 0.717) is 0 Å². The zero-order chi connectivity index (χ0) is 13.8. The molecule has 102 valence electrons. The summed E-state index contributed by atoms with van der Waals surface area (Å²) in [6.45, 7) is 1.87. The van der Waals surface area contributed by atoms with Crippen molar-refractivity contribution in [2.24, 2.45) is 5.10 Å². The van der Waals surface area contributed by atoms with Crippen LogP contribution in [0.4, 0.5) is 0 Å². The number of ether oxygens (including phenoxy) is 1. The van der Waals surface area contributed by atoms with Gasteiger partial charge in [0.2, 0.25) is 0 Å². The van der Waals surface area contributed by atoms with E-state index < -0.39 is 0 Å². The van der Waals surface area contributed by atoms with E-state index in [1.54, 1.807) is 7.11 Å². The van der Waals surface area contributed by atoms with Gasteiger partial charge in [-0.1, -0.05) is 24.3 Å². The van der Waals surface area contributed by atoms with Crippen molar-refractivity contribution in [3.63, 3.8) is 0 Å². The summed E-state index contributed by atoms with van der Waals surface area (Å²) < 4.78 is 5.15. The maximum absolute atomic E-state index is 5.15. The van der Waals surface area contributed by atoms with Crippen LogP contribution in [0.2, 0.25) is 0 Å². The molecule has 0 atom stereocenters.